The highest BCUT2D eigenvalue weighted by molar-refractivity contribution is 5.47. The Balaban J connectivity index is 1.53. The number of para-hydroxylation sites is 1. The zero-order valence-corrected chi connectivity index (χ0v) is 13.2. The van der Waals surface area contributed by atoms with Crippen molar-refractivity contribution in [3.05, 3.63) is 30.3 Å². The third kappa shape index (κ3) is 3.78. The molecule has 1 aromatic rings. The van der Waals surface area contributed by atoms with Crippen LogP contribution in [0.3, 0.4) is 0 Å². The normalized spacial score (nSPS) is 27.2. The molecule has 2 atom stereocenters. The molecule has 0 N–H and O–H groups in total. The van der Waals surface area contributed by atoms with E-state index in [0.29, 0.717) is 12.1 Å². The van der Waals surface area contributed by atoms with Crippen LogP contribution in [0.4, 0.5) is 5.69 Å². The van der Waals surface area contributed by atoms with Crippen molar-refractivity contribution in [1.29, 1.82) is 0 Å². The van der Waals surface area contributed by atoms with Gasteiger partial charge >= 0.3 is 0 Å². The lowest BCUT2D eigenvalue weighted by molar-refractivity contribution is -0.00992. The standard InChI is InChI=1S/C18H28N2O/c1-2-13-21-18-9-6-11-19(15-18)17-10-12-20(14-17)16-7-4-3-5-8-16/h3-5,7-8,17-18H,2,6,9-15H2,1H3. The Morgan fingerprint density at radius 2 is 1.95 bits per heavy atom. The fourth-order valence-corrected chi connectivity index (χ4v) is 3.63. The number of ether oxygens (including phenoxy) is 1. The van der Waals surface area contributed by atoms with Gasteiger partial charge in [-0.2, -0.15) is 0 Å². The lowest BCUT2D eigenvalue weighted by Crippen LogP contribution is -2.46. The van der Waals surface area contributed by atoms with Crippen molar-refractivity contribution in [3.8, 4) is 0 Å². The predicted octanol–water partition coefficient (Wildman–Crippen LogP) is 3.16. The summed E-state index contributed by atoms with van der Waals surface area (Å²) in [4.78, 5) is 5.20. The van der Waals surface area contributed by atoms with Gasteiger partial charge in [0.25, 0.3) is 0 Å². The molecule has 0 radical (unpaired) electrons. The number of nitrogens with zero attached hydrogens (tertiary/aromatic N) is 2. The van der Waals surface area contributed by atoms with E-state index in [4.69, 9.17) is 4.74 Å². The van der Waals surface area contributed by atoms with Crippen molar-refractivity contribution in [2.45, 2.75) is 44.8 Å². The van der Waals surface area contributed by atoms with E-state index in [2.05, 4.69) is 47.1 Å². The summed E-state index contributed by atoms with van der Waals surface area (Å²) in [6.45, 7) is 7.84. The fraction of sp³-hybridized carbons (Fsp3) is 0.667. The minimum absolute atomic E-state index is 0.462. The summed E-state index contributed by atoms with van der Waals surface area (Å²) in [7, 11) is 0. The van der Waals surface area contributed by atoms with Crippen LogP contribution in [0.15, 0.2) is 30.3 Å². The van der Waals surface area contributed by atoms with Gasteiger partial charge in [0.05, 0.1) is 6.10 Å². The maximum Gasteiger partial charge on any atom is 0.0702 e. The SMILES string of the molecule is CCCOC1CCCN(C2CCN(c3ccccc3)C2)C1. The highest BCUT2D eigenvalue weighted by atomic mass is 16.5. The van der Waals surface area contributed by atoms with Crippen molar-refractivity contribution < 1.29 is 4.74 Å². The molecule has 2 saturated heterocycles. The third-order valence-electron chi connectivity index (χ3n) is 4.77. The van der Waals surface area contributed by atoms with Crippen LogP contribution >= 0.6 is 0 Å². The molecule has 2 aliphatic heterocycles. The van der Waals surface area contributed by atoms with Gasteiger partial charge in [-0.1, -0.05) is 25.1 Å². The van der Waals surface area contributed by atoms with Crippen LogP contribution in [0.5, 0.6) is 0 Å². The molecule has 1 aromatic carbocycles. The molecule has 0 bridgehead atoms. The summed E-state index contributed by atoms with van der Waals surface area (Å²) in [6.07, 6.45) is 5.41. The van der Waals surface area contributed by atoms with Crippen LogP contribution in [-0.4, -0.2) is 49.8 Å². The van der Waals surface area contributed by atoms with Gasteiger partial charge in [-0.3, -0.25) is 4.90 Å². The molecule has 0 aliphatic carbocycles. The monoisotopic (exact) mass is 288 g/mol. The maximum atomic E-state index is 5.98. The number of hydrogen-bond acceptors (Lipinski definition) is 3. The van der Waals surface area contributed by atoms with E-state index in [1.54, 1.807) is 0 Å². The van der Waals surface area contributed by atoms with Crippen molar-refractivity contribution in [2.75, 3.05) is 37.7 Å². The molecule has 3 nitrogen and oxygen atoms in total. The van der Waals surface area contributed by atoms with E-state index in [9.17, 15) is 0 Å². The van der Waals surface area contributed by atoms with Crippen molar-refractivity contribution in [2.24, 2.45) is 0 Å². The first kappa shape index (κ1) is 14.9. The Morgan fingerprint density at radius 3 is 2.76 bits per heavy atom. The molecule has 2 heterocycles. The first-order chi connectivity index (χ1) is 10.4. The summed E-state index contributed by atoms with van der Waals surface area (Å²) >= 11 is 0. The molecule has 0 aromatic heterocycles. The Morgan fingerprint density at radius 1 is 1.10 bits per heavy atom. The molecular weight excluding hydrogens is 260 g/mol. The average Bonchev–Trinajstić information content (AvgIpc) is 3.04. The number of anilines is 1. The van der Waals surface area contributed by atoms with Crippen molar-refractivity contribution >= 4 is 5.69 Å². The van der Waals surface area contributed by atoms with Gasteiger partial charge in [0, 0.05) is 38.0 Å². The highest BCUT2D eigenvalue weighted by Crippen LogP contribution is 2.25. The predicted molar refractivity (Wildman–Crippen MR) is 87.9 cm³/mol. The Labute approximate surface area is 128 Å². The number of rotatable bonds is 5. The quantitative estimate of drug-likeness (QED) is 0.828. The first-order valence-corrected chi connectivity index (χ1v) is 8.52. The van der Waals surface area contributed by atoms with Crippen LogP contribution < -0.4 is 4.90 Å². The molecule has 3 heteroatoms. The van der Waals surface area contributed by atoms with Gasteiger partial charge in [0.1, 0.15) is 0 Å². The number of likely N-dealkylation sites (tertiary alicyclic amines) is 1. The topological polar surface area (TPSA) is 15.7 Å². The molecular formula is C18H28N2O. The second-order valence-corrected chi connectivity index (χ2v) is 6.35. The summed E-state index contributed by atoms with van der Waals surface area (Å²) < 4.78 is 5.98. The molecule has 0 saturated carbocycles. The minimum atomic E-state index is 0.462. The van der Waals surface area contributed by atoms with Gasteiger partial charge < -0.3 is 9.64 Å². The molecule has 2 unspecified atom stereocenters. The van der Waals surface area contributed by atoms with E-state index in [1.807, 2.05) is 0 Å². The lowest BCUT2D eigenvalue weighted by Gasteiger charge is -2.36. The Bertz CT molecular complexity index is 422. The smallest absolute Gasteiger partial charge is 0.0702 e. The van der Waals surface area contributed by atoms with Gasteiger partial charge in [-0.15, -0.1) is 0 Å². The van der Waals surface area contributed by atoms with Crippen LogP contribution in [-0.2, 0) is 4.74 Å². The van der Waals surface area contributed by atoms with Crippen LogP contribution in [0, 0.1) is 0 Å². The van der Waals surface area contributed by atoms with Crippen LogP contribution in [0.25, 0.3) is 0 Å². The van der Waals surface area contributed by atoms with E-state index < -0.39 is 0 Å². The van der Waals surface area contributed by atoms with Gasteiger partial charge in [0.2, 0.25) is 0 Å². The van der Waals surface area contributed by atoms with Gasteiger partial charge in [-0.25, -0.2) is 0 Å². The molecule has 2 aliphatic rings. The number of hydrogen-bond donors (Lipinski definition) is 0. The van der Waals surface area contributed by atoms with Gasteiger partial charge in [-0.05, 0) is 44.4 Å². The van der Waals surface area contributed by atoms with Crippen LogP contribution in [0.2, 0.25) is 0 Å². The van der Waals surface area contributed by atoms with Crippen LogP contribution in [0.1, 0.15) is 32.6 Å². The van der Waals surface area contributed by atoms with Crippen molar-refractivity contribution in [1.82, 2.24) is 4.90 Å². The Kier molecular flexibility index (Phi) is 5.15. The van der Waals surface area contributed by atoms with Gasteiger partial charge in [0.15, 0.2) is 0 Å². The summed E-state index contributed by atoms with van der Waals surface area (Å²) in [5.74, 6) is 0. The third-order valence-corrected chi connectivity index (χ3v) is 4.77. The highest BCUT2D eigenvalue weighted by Gasteiger charge is 2.31. The molecule has 0 amide bonds. The van der Waals surface area contributed by atoms with Crippen molar-refractivity contribution in [3.63, 3.8) is 0 Å². The second kappa shape index (κ2) is 7.28. The maximum absolute atomic E-state index is 5.98. The largest absolute Gasteiger partial charge is 0.377 e. The minimum Gasteiger partial charge on any atom is -0.377 e. The summed E-state index contributed by atoms with van der Waals surface area (Å²) in [5.41, 5.74) is 1.37. The average molecular weight is 288 g/mol. The first-order valence-electron chi connectivity index (χ1n) is 8.52. The number of piperidine rings is 1. The molecule has 3 rings (SSSR count). The fourth-order valence-electron chi connectivity index (χ4n) is 3.63. The van der Waals surface area contributed by atoms with E-state index in [-0.39, 0.29) is 0 Å². The zero-order chi connectivity index (χ0) is 14.5. The second-order valence-electron chi connectivity index (χ2n) is 6.35. The molecule has 21 heavy (non-hydrogen) atoms. The summed E-state index contributed by atoms with van der Waals surface area (Å²) in [6, 6.07) is 11.5. The lowest BCUT2D eigenvalue weighted by atomic mass is 10.1. The Hall–Kier alpha value is -1.06. The molecule has 0 spiro atoms. The zero-order valence-electron chi connectivity index (χ0n) is 13.2. The molecule has 116 valence electrons. The van der Waals surface area contributed by atoms with E-state index in [1.165, 1.54) is 44.6 Å². The number of benzene rings is 1. The summed E-state index contributed by atoms with van der Waals surface area (Å²) in [5, 5.41) is 0. The van der Waals surface area contributed by atoms with E-state index in [0.717, 1.165) is 19.6 Å². The van der Waals surface area contributed by atoms with E-state index >= 15 is 0 Å². The molecule has 2 fully saturated rings.